The van der Waals surface area contributed by atoms with Crippen LogP contribution < -0.4 is 10.7 Å². The second-order valence-electron chi connectivity index (χ2n) is 8.30. The van der Waals surface area contributed by atoms with Gasteiger partial charge >= 0.3 is 0 Å². The standard InChI is InChI=1S/C30H30N4O/c1-23-11-9-17-29(34(23)33-24(2)32-28-15-7-4-8-16-28)26-18-20-27(21-19-26)30(35)31-22-10-14-25-12-5-3-6-13-25/h3-9,11-13,15-21H,1,10,14,22H2,2H3,(H,31,35)(H,32,33). The van der Waals surface area contributed by atoms with Gasteiger partial charge in [0, 0.05) is 17.7 Å². The number of hydrazine groups is 1. The Morgan fingerprint density at radius 2 is 1.63 bits per heavy atom. The van der Waals surface area contributed by atoms with Crippen LogP contribution in [-0.2, 0) is 6.42 Å². The number of para-hydroxylation sites is 1. The van der Waals surface area contributed by atoms with E-state index in [1.807, 2.05) is 103 Å². The number of carbonyl (C=O) groups is 1. The first-order valence-corrected chi connectivity index (χ1v) is 11.8. The number of hydrogen-bond donors (Lipinski definition) is 2. The third kappa shape index (κ3) is 6.58. The van der Waals surface area contributed by atoms with Crippen LogP contribution in [0, 0.1) is 0 Å². The van der Waals surface area contributed by atoms with Gasteiger partial charge in [-0.15, -0.1) is 0 Å². The van der Waals surface area contributed by atoms with E-state index in [1.165, 1.54) is 5.56 Å². The van der Waals surface area contributed by atoms with Crippen LogP contribution in [0.4, 0.5) is 5.69 Å². The molecule has 2 N–H and O–H groups in total. The van der Waals surface area contributed by atoms with Crippen molar-refractivity contribution < 1.29 is 4.79 Å². The Hall–Kier alpha value is -4.38. The van der Waals surface area contributed by atoms with Gasteiger partial charge in [-0.25, -0.2) is 4.99 Å². The van der Waals surface area contributed by atoms with Crippen molar-refractivity contribution in [1.82, 2.24) is 15.8 Å². The van der Waals surface area contributed by atoms with Crippen LogP contribution >= 0.6 is 0 Å². The average Bonchev–Trinajstić information content (AvgIpc) is 2.89. The number of nitrogens with zero attached hydrogens (tertiary/aromatic N) is 2. The number of rotatable bonds is 8. The molecule has 1 amide bonds. The Labute approximate surface area is 207 Å². The molecular formula is C30H30N4O. The van der Waals surface area contributed by atoms with Crippen LogP contribution in [0.25, 0.3) is 5.70 Å². The molecule has 0 spiro atoms. The maximum absolute atomic E-state index is 12.6. The number of aliphatic imine (C=N–C) groups is 1. The highest BCUT2D eigenvalue weighted by Crippen LogP contribution is 2.26. The first-order valence-electron chi connectivity index (χ1n) is 11.8. The Morgan fingerprint density at radius 3 is 2.34 bits per heavy atom. The number of allylic oxidation sites excluding steroid dienone is 3. The van der Waals surface area contributed by atoms with E-state index in [4.69, 9.17) is 0 Å². The third-order valence-electron chi connectivity index (χ3n) is 5.61. The zero-order valence-electron chi connectivity index (χ0n) is 19.9. The minimum Gasteiger partial charge on any atom is -0.352 e. The molecule has 0 saturated carbocycles. The van der Waals surface area contributed by atoms with Gasteiger partial charge in [-0.1, -0.05) is 73.3 Å². The van der Waals surface area contributed by atoms with Crippen molar-refractivity contribution in [3.8, 4) is 0 Å². The lowest BCUT2D eigenvalue weighted by Crippen LogP contribution is -2.39. The van der Waals surface area contributed by atoms with E-state index in [2.05, 4.69) is 34.4 Å². The molecular weight excluding hydrogens is 432 g/mol. The smallest absolute Gasteiger partial charge is 0.251 e. The minimum absolute atomic E-state index is 0.0626. The number of nitrogens with one attached hydrogen (secondary N) is 2. The lowest BCUT2D eigenvalue weighted by atomic mass is 10.1. The SMILES string of the molecule is C=C1C=CC=C(c2ccc(C(=O)NCCCc3ccccc3)cc2)N1NC(C)=Nc1ccccc1. The minimum atomic E-state index is -0.0626. The molecule has 0 saturated heterocycles. The molecule has 0 bridgehead atoms. The molecule has 5 nitrogen and oxygen atoms in total. The largest absolute Gasteiger partial charge is 0.352 e. The Kier molecular flexibility index (Phi) is 7.92. The van der Waals surface area contributed by atoms with Crippen LogP contribution in [0.3, 0.4) is 0 Å². The van der Waals surface area contributed by atoms with Crippen molar-refractivity contribution in [2.24, 2.45) is 4.99 Å². The Morgan fingerprint density at radius 1 is 0.943 bits per heavy atom. The van der Waals surface area contributed by atoms with E-state index in [0.717, 1.165) is 41.3 Å². The fourth-order valence-electron chi connectivity index (χ4n) is 3.83. The summed E-state index contributed by atoms with van der Waals surface area (Å²) in [5.74, 6) is 0.678. The third-order valence-corrected chi connectivity index (χ3v) is 5.61. The summed E-state index contributed by atoms with van der Waals surface area (Å²) in [5.41, 5.74) is 8.82. The van der Waals surface area contributed by atoms with E-state index in [9.17, 15) is 4.79 Å². The molecule has 35 heavy (non-hydrogen) atoms. The quantitative estimate of drug-likeness (QED) is 0.244. The van der Waals surface area contributed by atoms with Crippen molar-refractivity contribution in [3.05, 3.63) is 132 Å². The van der Waals surface area contributed by atoms with Crippen LogP contribution in [0.2, 0.25) is 0 Å². The van der Waals surface area contributed by atoms with Gasteiger partial charge in [0.1, 0.15) is 5.84 Å². The van der Waals surface area contributed by atoms with Crippen LogP contribution in [0.15, 0.2) is 120 Å². The van der Waals surface area contributed by atoms with Crippen LogP contribution in [0.1, 0.15) is 34.8 Å². The Balaban J connectivity index is 1.37. The second-order valence-corrected chi connectivity index (χ2v) is 8.30. The zero-order valence-corrected chi connectivity index (χ0v) is 19.9. The second kappa shape index (κ2) is 11.7. The summed E-state index contributed by atoms with van der Waals surface area (Å²) < 4.78 is 0. The summed E-state index contributed by atoms with van der Waals surface area (Å²) >= 11 is 0. The molecule has 1 heterocycles. The molecule has 0 fully saturated rings. The fourth-order valence-corrected chi connectivity index (χ4v) is 3.83. The van der Waals surface area contributed by atoms with Gasteiger partial charge in [0.05, 0.1) is 17.1 Å². The highest BCUT2D eigenvalue weighted by atomic mass is 16.1. The number of amidine groups is 1. The summed E-state index contributed by atoms with van der Waals surface area (Å²) in [7, 11) is 0. The molecule has 0 aromatic heterocycles. The van der Waals surface area contributed by atoms with Gasteiger partial charge in [0.2, 0.25) is 0 Å². The molecule has 176 valence electrons. The van der Waals surface area contributed by atoms with Crippen molar-refractivity contribution in [2.75, 3.05) is 6.54 Å². The van der Waals surface area contributed by atoms with Crippen molar-refractivity contribution in [1.29, 1.82) is 0 Å². The molecule has 0 aliphatic carbocycles. The highest BCUT2D eigenvalue weighted by molar-refractivity contribution is 5.94. The number of aryl methyl sites for hydroxylation is 1. The Bertz CT molecular complexity index is 1240. The predicted molar refractivity (Wildman–Crippen MR) is 144 cm³/mol. The van der Waals surface area contributed by atoms with E-state index in [-0.39, 0.29) is 5.91 Å². The number of hydrogen-bond acceptors (Lipinski definition) is 3. The monoisotopic (exact) mass is 462 g/mol. The van der Waals surface area contributed by atoms with E-state index < -0.39 is 0 Å². The summed E-state index contributed by atoms with van der Waals surface area (Å²) in [6.07, 6.45) is 7.76. The average molecular weight is 463 g/mol. The molecule has 5 heteroatoms. The van der Waals surface area contributed by atoms with Crippen molar-refractivity contribution >= 4 is 23.1 Å². The van der Waals surface area contributed by atoms with E-state index in [0.29, 0.717) is 12.1 Å². The lowest BCUT2D eigenvalue weighted by Gasteiger charge is -2.31. The molecule has 3 aromatic rings. The topological polar surface area (TPSA) is 56.7 Å². The number of amides is 1. The molecule has 0 atom stereocenters. The summed E-state index contributed by atoms with van der Waals surface area (Å²) in [5, 5.41) is 4.92. The molecule has 0 radical (unpaired) electrons. The van der Waals surface area contributed by atoms with E-state index >= 15 is 0 Å². The van der Waals surface area contributed by atoms with Gasteiger partial charge in [-0.05, 0) is 61.7 Å². The first-order chi connectivity index (χ1) is 17.1. The fraction of sp³-hybridized carbons (Fsp3) is 0.133. The first kappa shape index (κ1) is 23.8. The molecule has 3 aromatic carbocycles. The maximum Gasteiger partial charge on any atom is 0.251 e. The van der Waals surface area contributed by atoms with Gasteiger partial charge in [0.15, 0.2) is 0 Å². The highest BCUT2D eigenvalue weighted by Gasteiger charge is 2.17. The number of benzene rings is 3. The summed E-state index contributed by atoms with van der Waals surface area (Å²) in [6, 6.07) is 27.7. The van der Waals surface area contributed by atoms with Gasteiger partial charge in [0.25, 0.3) is 5.91 Å². The van der Waals surface area contributed by atoms with Crippen molar-refractivity contribution in [2.45, 2.75) is 19.8 Å². The summed E-state index contributed by atoms with van der Waals surface area (Å²) in [4.78, 5) is 17.2. The molecule has 0 unspecified atom stereocenters. The van der Waals surface area contributed by atoms with Crippen LogP contribution in [0.5, 0.6) is 0 Å². The van der Waals surface area contributed by atoms with Gasteiger partial charge < -0.3 is 5.32 Å². The van der Waals surface area contributed by atoms with Crippen LogP contribution in [-0.4, -0.2) is 23.3 Å². The molecule has 1 aliphatic rings. The maximum atomic E-state index is 12.6. The van der Waals surface area contributed by atoms with Gasteiger partial charge in [-0.3, -0.25) is 15.2 Å². The van der Waals surface area contributed by atoms with Crippen molar-refractivity contribution in [3.63, 3.8) is 0 Å². The predicted octanol–water partition coefficient (Wildman–Crippen LogP) is 6.03. The molecule has 1 aliphatic heterocycles. The zero-order chi connectivity index (χ0) is 24.5. The normalized spacial score (nSPS) is 13.4. The summed E-state index contributed by atoms with van der Waals surface area (Å²) in [6.45, 7) is 6.72. The van der Waals surface area contributed by atoms with E-state index in [1.54, 1.807) is 0 Å². The molecule has 4 rings (SSSR count). The number of carbonyl (C=O) groups excluding carboxylic acids is 1. The van der Waals surface area contributed by atoms with Gasteiger partial charge in [-0.2, -0.15) is 0 Å². The lowest BCUT2D eigenvalue weighted by molar-refractivity contribution is 0.0953.